The number of imidazole rings is 1. The molecule has 1 fully saturated rings. The molecule has 1 aromatic carbocycles. The quantitative estimate of drug-likeness (QED) is 0.643. The maximum absolute atomic E-state index is 14.3. The maximum atomic E-state index is 14.3. The predicted octanol–water partition coefficient (Wildman–Crippen LogP) is 3.85. The summed E-state index contributed by atoms with van der Waals surface area (Å²) in [5.41, 5.74) is 1.22. The van der Waals surface area contributed by atoms with E-state index in [0.29, 0.717) is 30.5 Å². The van der Waals surface area contributed by atoms with Gasteiger partial charge in [-0.15, -0.1) is 0 Å². The van der Waals surface area contributed by atoms with Gasteiger partial charge in [-0.3, -0.25) is 14.0 Å². The minimum Gasteiger partial charge on any atom is -0.393 e. The smallest absolute Gasteiger partial charge is 0.274 e. The zero-order chi connectivity index (χ0) is 20.4. The summed E-state index contributed by atoms with van der Waals surface area (Å²) in [6.45, 7) is 0. The number of amides is 1. The van der Waals surface area contributed by atoms with E-state index in [1.165, 1.54) is 24.4 Å². The standard InChI is InChI=1S/C22H22FN3O3/c23-17-9-6-15(20(28)11-14-4-7-16(27)8-5-14)12-18(17)25-22(29)19-13-24-21-3-1-2-10-26(19)21/h1-3,6,9-10,12-14,16,27H,4-5,7-8,11H2,(H,25,29). The second-order valence-electron chi connectivity index (χ2n) is 7.52. The number of hydrogen-bond acceptors (Lipinski definition) is 4. The first kappa shape index (κ1) is 19.3. The van der Waals surface area contributed by atoms with Gasteiger partial charge in [-0.25, -0.2) is 9.37 Å². The summed E-state index contributed by atoms with van der Waals surface area (Å²) in [5, 5.41) is 12.1. The molecule has 0 atom stereocenters. The van der Waals surface area contributed by atoms with E-state index in [0.717, 1.165) is 12.8 Å². The van der Waals surface area contributed by atoms with Gasteiger partial charge < -0.3 is 10.4 Å². The highest BCUT2D eigenvalue weighted by atomic mass is 19.1. The average Bonchev–Trinajstić information content (AvgIpc) is 3.15. The van der Waals surface area contributed by atoms with Gasteiger partial charge in [-0.2, -0.15) is 0 Å². The van der Waals surface area contributed by atoms with Crippen LogP contribution in [0.3, 0.4) is 0 Å². The second-order valence-corrected chi connectivity index (χ2v) is 7.52. The molecule has 0 spiro atoms. The van der Waals surface area contributed by atoms with Crippen molar-refractivity contribution in [1.29, 1.82) is 0 Å². The van der Waals surface area contributed by atoms with E-state index in [-0.39, 0.29) is 29.2 Å². The van der Waals surface area contributed by atoms with Crippen molar-refractivity contribution in [3.05, 3.63) is 65.9 Å². The van der Waals surface area contributed by atoms with E-state index in [9.17, 15) is 19.1 Å². The molecule has 0 bridgehead atoms. The number of hydrogen-bond donors (Lipinski definition) is 2. The molecule has 7 heteroatoms. The van der Waals surface area contributed by atoms with Gasteiger partial charge in [0.15, 0.2) is 5.78 Å². The molecule has 0 radical (unpaired) electrons. The van der Waals surface area contributed by atoms with Crippen LogP contribution in [0.25, 0.3) is 5.65 Å². The van der Waals surface area contributed by atoms with Gasteiger partial charge in [0.25, 0.3) is 5.91 Å². The highest BCUT2D eigenvalue weighted by Gasteiger charge is 2.23. The monoisotopic (exact) mass is 395 g/mol. The Hall–Kier alpha value is -3.06. The number of fused-ring (bicyclic) bond motifs is 1. The van der Waals surface area contributed by atoms with Crippen LogP contribution >= 0.6 is 0 Å². The van der Waals surface area contributed by atoms with Crippen LogP contribution in [-0.4, -0.2) is 32.3 Å². The van der Waals surface area contributed by atoms with E-state index in [4.69, 9.17) is 0 Å². The Morgan fingerprint density at radius 2 is 1.97 bits per heavy atom. The van der Waals surface area contributed by atoms with Crippen molar-refractivity contribution < 1.29 is 19.1 Å². The van der Waals surface area contributed by atoms with Gasteiger partial charge in [0.05, 0.1) is 18.0 Å². The number of carbonyl (C=O) groups excluding carboxylic acids is 2. The molecule has 150 valence electrons. The summed E-state index contributed by atoms with van der Waals surface area (Å²) in [5.74, 6) is -0.971. The lowest BCUT2D eigenvalue weighted by molar-refractivity contribution is 0.0859. The summed E-state index contributed by atoms with van der Waals surface area (Å²) >= 11 is 0. The van der Waals surface area contributed by atoms with E-state index in [2.05, 4.69) is 10.3 Å². The third-order valence-corrected chi connectivity index (χ3v) is 5.48. The maximum Gasteiger partial charge on any atom is 0.274 e. The van der Waals surface area contributed by atoms with Crippen molar-refractivity contribution in [3.63, 3.8) is 0 Å². The van der Waals surface area contributed by atoms with Crippen molar-refractivity contribution >= 4 is 23.0 Å². The number of carbonyl (C=O) groups is 2. The number of nitrogens with zero attached hydrogens (tertiary/aromatic N) is 2. The van der Waals surface area contributed by atoms with Crippen molar-refractivity contribution in [2.24, 2.45) is 5.92 Å². The molecule has 1 amide bonds. The lowest BCUT2D eigenvalue weighted by Crippen LogP contribution is -2.20. The Bertz CT molecular complexity index is 1050. The summed E-state index contributed by atoms with van der Waals surface area (Å²) in [6, 6.07) is 9.37. The number of Topliss-reactive ketones (excluding diaryl/α,β-unsaturated/α-hetero) is 1. The highest BCUT2D eigenvalue weighted by molar-refractivity contribution is 6.04. The molecule has 29 heavy (non-hydrogen) atoms. The van der Waals surface area contributed by atoms with E-state index < -0.39 is 11.7 Å². The molecule has 0 unspecified atom stereocenters. The van der Waals surface area contributed by atoms with Crippen molar-refractivity contribution in [2.45, 2.75) is 38.2 Å². The molecule has 1 aliphatic carbocycles. The summed E-state index contributed by atoms with van der Waals surface area (Å²) in [6.07, 6.45) is 6.26. The number of aliphatic hydroxyl groups is 1. The van der Waals surface area contributed by atoms with Crippen LogP contribution in [0.1, 0.15) is 53.0 Å². The zero-order valence-electron chi connectivity index (χ0n) is 15.8. The van der Waals surface area contributed by atoms with Gasteiger partial charge in [0.1, 0.15) is 17.2 Å². The molecular formula is C22H22FN3O3. The molecule has 4 rings (SSSR count). The van der Waals surface area contributed by atoms with Gasteiger partial charge in [-0.1, -0.05) is 6.07 Å². The van der Waals surface area contributed by atoms with Crippen molar-refractivity contribution in [1.82, 2.24) is 9.38 Å². The number of aliphatic hydroxyl groups excluding tert-OH is 1. The Morgan fingerprint density at radius 3 is 2.76 bits per heavy atom. The van der Waals surface area contributed by atoms with Gasteiger partial charge in [-0.05, 0) is 61.9 Å². The fourth-order valence-electron chi connectivity index (χ4n) is 3.81. The Morgan fingerprint density at radius 1 is 1.17 bits per heavy atom. The number of nitrogens with one attached hydrogen (secondary N) is 1. The van der Waals surface area contributed by atoms with Crippen LogP contribution in [0.15, 0.2) is 48.8 Å². The number of rotatable bonds is 5. The van der Waals surface area contributed by atoms with Gasteiger partial charge >= 0.3 is 0 Å². The zero-order valence-corrected chi connectivity index (χ0v) is 15.8. The van der Waals surface area contributed by atoms with E-state index in [1.54, 1.807) is 22.7 Å². The molecule has 1 aliphatic rings. The number of anilines is 1. The topological polar surface area (TPSA) is 83.7 Å². The summed E-state index contributed by atoms with van der Waals surface area (Å²) < 4.78 is 15.9. The van der Waals surface area contributed by atoms with Gasteiger partial charge in [0.2, 0.25) is 0 Å². The fourth-order valence-corrected chi connectivity index (χ4v) is 3.81. The van der Waals surface area contributed by atoms with Crippen molar-refractivity contribution in [2.75, 3.05) is 5.32 Å². The van der Waals surface area contributed by atoms with Crippen LogP contribution < -0.4 is 5.32 Å². The third kappa shape index (κ3) is 4.19. The fraction of sp³-hybridized carbons (Fsp3) is 0.318. The highest BCUT2D eigenvalue weighted by Crippen LogP contribution is 2.28. The van der Waals surface area contributed by atoms with Crippen molar-refractivity contribution in [3.8, 4) is 0 Å². The first-order valence-electron chi connectivity index (χ1n) is 9.75. The first-order valence-corrected chi connectivity index (χ1v) is 9.75. The molecule has 0 aliphatic heterocycles. The molecular weight excluding hydrogens is 373 g/mol. The normalized spacial score (nSPS) is 19.2. The van der Waals surface area contributed by atoms with Crippen LogP contribution in [0.4, 0.5) is 10.1 Å². The molecule has 1 saturated carbocycles. The van der Waals surface area contributed by atoms with E-state index >= 15 is 0 Å². The lowest BCUT2D eigenvalue weighted by Gasteiger charge is -2.24. The number of aromatic nitrogens is 2. The van der Waals surface area contributed by atoms with Gasteiger partial charge in [0, 0.05) is 18.2 Å². The Kier molecular flexibility index (Phi) is 5.40. The predicted molar refractivity (Wildman–Crippen MR) is 106 cm³/mol. The van der Waals surface area contributed by atoms with Crippen LogP contribution in [0, 0.1) is 11.7 Å². The summed E-state index contributed by atoms with van der Waals surface area (Å²) in [4.78, 5) is 29.4. The number of halogens is 1. The molecule has 6 nitrogen and oxygen atoms in total. The molecule has 0 saturated heterocycles. The van der Waals surface area contributed by atoms with Crippen LogP contribution in [-0.2, 0) is 0 Å². The Labute approximate surface area is 167 Å². The molecule has 3 aromatic rings. The summed E-state index contributed by atoms with van der Waals surface area (Å²) in [7, 11) is 0. The number of pyridine rings is 1. The minimum absolute atomic E-state index is 0.0363. The van der Waals surface area contributed by atoms with Crippen LogP contribution in [0.5, 0.6) is 0 Å². The largest absolute Gasteiger partial charge is 0.393 e. The average molecular weight is 395 g/mol. The minimum atomic E-state index is -0.607. The molecule has 2 N–H and O–H groups in total. The first-order chi connectivity index (χ1) is 14.0. The van der Waals surface area contributed by atoms with Crippen LogP contribution in [0.2, 0.25) is 0 Å². The second kappa shape index (κ2) is 8.13. The number of ketones is 1. The Balaban J connectivity index is 1.49. The SMILES string of the molecule is O=C(CC1CCC(O)CC1)c1ccc(F)c(NC(=O)c2cnc3ccccn23)c1. The molecule has 2 heterocycles. The molecule has 2 aromatic heterocycles. The third-order valence-electron chi connectivity index (χ3n) is 5.48. The lowest BCUT2D eigenvalue weighted by atomic mass is 9.83. The number of benzene rings is 1. The van der Waals surface area contributed by atoms with E-state index in [1.807, 2.05) is 6.07 Å².